The Labute approximate surface area is 131 Å². The lowest BCUT2D eigenvalue weighted by atomic mass is 10.1. The third kappa shape index (κ3) is 2.31. The van der Waals surface area contributed by atoms with Crippen molar-refractivity contribution in [2.75, 3.05) is 4.90 Å². The zero-order valence-corrected chi connectivity index (χ0v) is 12.4. The molecule has 0 fully saturated rings. The maximum atomic E-state index is 12.6. The van der Waals surface area contributed by atoms with Crippen LogP contribution < -0.4 is 4.90 Å². The van der Waals surface area contributed by atoms with Crippen molar-refractivity contribution in [2.24, 2.45) is 0 Å². The van der Waals surface area contributed by atoms with Crippen LogP contribution in [0.15, 0.2) is 46.9 Å². The fraction of sp³-hybridized carbons (Fsp3) is 0.0667. The molecule has 1 heterocycles. The van der Waals surface area contributed by atoms with E-state index in [4.69, 9.17) is 0 Å². The molecule has 0 N–H and O–H groups in total. The lowest BCUT2D eigenvalue weighted by Gasteiger charge is -2.15. The van der Waals surface area contributed by atoms with Gasteiger partial charge in [-0.1, -0.05) is 15.9 Å². The highest BCUT2D eigenvalue weighted by molar-refractivity contribution is 9.10. The van der Waals surface area contributed by atoms with Crippen molar-refractivity contribution in [1.29, 1.82) is 0 Å². The highest BCUT2D eigenvalue weighted by Gasteiger charge is 2.37. The summed E-state index contributed by atoms with van der Waals surface area (Å²) in [6.45, 7) is 0. The molecule has 0 bridgehead atoms. The number of hydrogen-bond donors (Lipinski definition) is 0. The van der Waals surface area contributed by atoms with Gasteiger partial charge in [0.2, 0.25) is 0 Å². The number of fused-ring (bicyclic) bond motifs is 1. The van der Waals surface area contributed by atoms with Crippen molar-refractivity contribution < 1.29 is 22.8 Å². The molecular weight excluding hydrogens is 363 g/mol. The molecule has 2 aromatic carbocycles. The average Bonchev–Trinajstić information content (AvgIpc) is 2.70. The van der Waals surface area contributed by atoms with Crippen LogP contribution in [0.2, 0.25) is 0 Å². The van der Waals surface area contributed by atoms with Crippen LogP contribution in [0.4, 0.5) is 18.9 Å². The van der Waals surface area contributed by atoms with E-state index >= 15 is 0 Å². The number of halogens is 4. The summed E-state index contributed by atoms with van der Waals surface area (Å²) in [6.07, 6.45) is -4.47. The van der Waals surface area contributed by atoms with E-state index < -0.39 is 23.6 Å². The first kappa shape index (κ1) is 14.8. The highest BCUT2D eigenvalue weighted by atomic mass is 79.9. The molecule has 0 saturated heterocycles. The number of benzene rings is 2. The van der Waals surface area contributed by atoms with Crippen molar-refractivity contribution in [2.45, 2.75) is 6.18 Å². The first-order chi connectivity index (χ1) is 10.3. The molecule has 22 heavy (non-hydrogen) atoms. The second-order valence-electron chi connectivity index (χ2n) is 4.68. The van der Waals surface area contributed by atoms with Crippen molar-refractivity contribution in [3.05, 3.63) is 63.6 Å². The topological polar surface area (TPSA) is 37.4 Å². The summed E-state index contributed by atoms with van der Waals surface area (Å²) in [7, 11) is 0. The summed E-state index contributed by atoms with van der Waals surface area (Å²) in [4.78, 5) is 25.4. The van der Waals surface area contributed by atoms with Gasteiger partial charge in [-0.25, -0.2) is 4.90 Å². The molecule has 112 valence electrons. The fourth-order valence-corrected chi connectivity index (χ4v) is 2.61. The summed E-state index contributed by atoms with van der Waals surface area (Å²) in [5.74, 6) is -1.10. The van der Waals surface area contributed by atoms with E-state index in [0.29, 0.717) is 4.47 Å². The van der Waals surface area contributed by atoms with E-state index in [1.54, 1.807) is 6.07 Å². The van der Waals surface area contributed by atoms with Crippen LogP contribution in [0.25, 0.3) is 0 Å². The molecular formula is C15H7BrF3NO2. The molecule has 2 amide bonds. The van der Waals surface area contributed by atoms with Crippen molar-refractivity contribution in [3.63, 3.8) is 0 Å². The quantitative estimate of drug-likeness (QED) is 0.704. The Balaban J connectivity index is 2.00. The Hall–Kier alpha value is -2.15. The fourth-order valence-electron chi connectivity index (χ4n) is 2.25. The van der Waals surface area contributed by atoms with Gasteiger partial charge in [0.15, 0.2) is 0 Å². The van der Waals surface area contributed by atoms with E-state index in [2.05, 4.69) is 15.9 Å². The number of amides is 2. The van der Waals surface area contributed by atoms with E-state index in [0.717, 1.165) is 29.2 Å². The van der Waals surface area contributed by atoms with Gasteiger partial charge in [0.1, 0.15) is 0 Å². The minimum Gasteiger partial charge on any atom is -0.268 e. The number of hydrogen-bond acceptors (Lipinski definition) is 2. The summed E-state index contributed by atoms with van der Waals surface area (Å²) in [6, 6.07) is 8.55. The molecule has 1 aliphatic rings. The standard InChI is InChI=1S/C15H7BrF3NO2/c16-9-3-6-11-12(7-9)14(22)20(13(11)21)10-4-1-8(2-5-10)15(17,18)19/h1-7H. The van der Waals surface area contributed by atoms with Crippen LogP contribution in [0, 0.1) is 0 Å². The van der Waals surface area contributed by atoms with E-state index in [1.807, 2.05) is 0 Å². The smallest absolute Gasteiger partial charge is 0.268 e. The van der Waals surface area contributed by atoms with E-state index in [9.17, 15) is 22.8 Å². The Morgan fingerprint density at radius 2 is 1.45 bits per heavy atom. The molecule has 0 atom stereocenters. The van der Waals surface area contributed by atoms with Gasteiger partial charge in [-0.05, 0) is 42.5 Å². The van der Waals surface area contributed by atoms with E-state index in [1.165, 1.54) is 12.1 Å². The second kappa shape index (κ2) is 4.95. The van der Waals surface area contributed by atoms with Crippen LogP contribution in [0.5, 0.6) is 0 Å². The van der Waals surface area contributed by atoms with Crippen LogP contribution in [0.3, 0.4) is 0 Å². The van der Waals surface area contributed by atoms with Gasteiger partial charge in [0.25, 0.3) is 11.8 Å². The summed E-state index contributed by atoms with van der Waals surface area (Å²) in [5, 5.41) is 0. The third-order valence-corrected chi connectivity index (χ3v) is 3.79. The first-order valence-electron chi connectivity index (χ1n) is 6.14. The minimum absolute atomic E-state index is 0.107. The second-order valence-corrected chi connectivity index (χ2v) is 5.60. The predicted octanol–water partition coefficient (Wildman–Crippen LogP) is 4.27. The van der Waals surface area contributed by atoms with Gasteiger partial charge >= 0.3 is 6.18 Å². The first-order valence-corrected chi connectivity index (χ1v) is 6.94. The third-order valence-electron chi connectivity index (χ3n) is 3.30. The molecule has 3 nitrogen and oxygen atoms in total. The number of anilines is 1. The number of alkyl halides is 3. The Morgan fingerprint density at radius 3 is 2.05 bits per heavy atom. The van der Waals surface area contributed by atoms with Crippen LogP contribution >= 0.6 is 15.9 Å². The molecule has 7 heteroatoms. The largest absolute Gasteiger partial charge is 0.416 e. The van der Waals surface area contributed by atoms with Gasteiger partial charge in [-0.3, -0.25) is 9.59 Å². The van der Waals surface area contributed by atoms with Crippen molar-refractivity contribution in [3.8, 4) is 0 Å². The normalized spacial score (nSPS) is 14.5. The number of rotatable bonds is 1. The predicted molar refractivity (Wildman–Crippen MR) is 76.7 cm³/mol. The number of imide groups is 1. The number of nitrogens with zero attached hydrogens (tertiary/aromatic N) is 1. The lowest BCUT2D eigenvalue weighted by molar-refractivity contribution is -0.137. The Kier molecular flexibility index (Phi) is 3.32. The SMILES string of the molecule is O=C1c2ccc(Br)cc2C(=O)N1c1ccc(C(F)(F)F)cc1. The molecule has 0 saturated carbocycles. The minimum atomic E-state index is -4.47. The number of carbonyl (C=O) groups excluding carboxylic acids is 2. The molecule has 0 radical (unpaired) electrons. The van der Waals surface area contributed by atoms with Gasteiger partial charge < -0.3 is 0 Å². The summed E-state index contributed by atoms with van der Waals surface area (Å²) >= 11 is 3.21. The van der Waals surface area contributed by atoms with E-state index in [-0.39, 0.29) is 16.8 Å². The molecule has 2 aromatic rings. The zero-order chi connectivity index (χ0) is 16.1. The summed E-state index contributed by atoms with van der Waals surface area (Å²) in [5.41, 5.74) is -0.279. The molecule has 0 spiro atoms. The monoisotopic (exact) mass is 369 g/mol. The highest BCUT2D eigenvalue weighted by Crippen LogP contribution is 2.33. The van der Waals surface area contributed by atoms with Crippen LogP contribution in [-0.2, 0) is 6.18 Å². The van der Waals surface area contributed by atoms with Gasteiger partial charge in [0, 0.05) is 4.47 Å². The molecule has 0 aliphatic carbocycles. The molecule has 0 aromatic heterocycles. The Morgan fingerprint density at radius 1 is 0.864 bits per heavy atom. The molecule has 3 rings (SSSR count). The van der Waals surface area contributed by atoms with Crippen molar-refractivity contribution in [1.82, 2.24) is 0 Å². The average molecular weight is 370 g/mol. The van der Waals surface area contributed by atoms with Crippen LogP contribution in [0.1, 0.15) is 26.3 Å². The molecule has 0 unspecified atom stereocenters. The Bertz CT molecular complexity index is 784. The zero-order valence-electron chi connectivity index (χ0n) is 10.8. The maximum absolute atomic E-state index is 12.6. The maximum Gasteiger partial charge on any atom is 0.416 e. The van der Waals surface area contributed by atoms with Crippen molar-refractivity contribution >= 4 is 33.4 Å². The lowest BCUT2D eigenvalue weighted by Crippen LogP contribution is -2.29. The number of carbonyl (C=O) groups is 2. The molecule has 1 aliphatic heterocycles. The van der Waals surface area contributed by atoms with Gasteiger partial charge in [-0.2, -0.15) is 13.2 Å². The van der Waals surface area contributed by atoms with Gasteiger partial charge in [-0.15, -0.1) is 0 Å². The van der Waals surface area contributed by atoms with Gasteiger partial charge in [0.05, 0.1) is 22.4 Å². The van der Waals surface area contributed by atoms with Crippen LogP contribution in [-0.4, -0.2) is 11.8 Å². The summed E-state index contributed by atoms with van der Waals surface area (Å²) < 4.78 is 38.3.